The molecule has 0 fully saturated rings. The van der Waals surface area contributed by atoms with E-state index in [0.29, 0.717) is 19.0 Å². The molecule has 1 unspecified atom stereocenters. The zero-order valence-electron chi connectivity index (χ0n) is 12.2. The van der Waals surface area contributed by atoms with Crippen LogP contribution in [0.5, 0.6) is 0 Å². The molecule has 0 bridgehead atoms. The Hall–Kier alpha value is -1.07. The SMILES string of the molecule is CC(C)S(=O)(=O)CCN1CC(CCN)c2ccccc21. The number of anilines is 1. The molecule has 0 saturated heterocycles. The van der Waals surface area contributed by atoms with E-state index < -0.39 is 9.84 Å². The standard InChI is InChI=1S/C15H24N2O2S/c1-12(2)20(18,19)10-9-17-11-13(7-8-16)14-5-3-4-6-15(14)17/h3-6,12-13H,7-11,16H2,1-2H3. The number of fused-ring (bicyclic) bond motifs is 1. The van der Waals surface area contributed by atoms with Crippen molar-refractivity contribution in [3.8, 4) is 0 Å². The van der Waals surface area contributed by atoms with Crippen molar-refractivity contribution in [3.05, 3.63) is 29.8 Å². The molecule has 5 heteroatoms. The summed E-state index contributed by atoms with van der Waals surface area (Å²) in [6.07, 6.45) is 0.949. The first-order valence-electron chi connectivity index (χ1n) is 7.21. The van der Waals surface area contributed by atoms with Crippen LogP contribution >= 0.6 is 0 Å². The van der Waals surface area contributed by atoms with E-state index in [1.807, 2.05) is 12.1 Å². The molecule has 1 heterocycles. The van der Waals surface area contributed by atoms with Crippen molar-refractivity contribution in [3.63, 3.8) is 0 Å². The Kier molecular flexibility index (Phi) is 4.70. The zero-order valence-corrected chi connectivity index (χ0v) is 13.1. The first-order valence-corrected chi connectivity index (χ1v) is 8.92. The monoisotopic (exact) mass is 296 g/mol. The second kappa shape index (κ2) is 6.14. The third kappa shape index (κ3) is 3.15. The number of sulfone groups is 1. The summed E-state index contributed by atoms with van der Waals surface area (Å²) < 4.78 is 23.9. The minimum atomic E-state index is -2.98. The quantitative estimate of drug-likeness (QED) is 0.869. The molecule has 1 aromatic carbocycles. The van der Waals surface area contributed by atoms with Crippen LogP contribution in [-0.2, 0) is 9.84 Å². The molecule has 0 radical (unpaired) electrons. The molecule has 112 valence electrons. The van der Waals surface area contributed by atoms with Gasteiger partial charge in [-0.2, -0.15) is 0 Å². The van der Waals surface area contributed by atoms with E-state index in [4.69, 9.17) is 5.73 Å². The second-order valence-electron chi connectivity index (χ2n) is 5.69. The normalized spacial score (nSPS) is 18.6. The van der Waals surface area contributed by atoms with Crippen LogP contribution in [0.15, 0.2) is 24.3 Å². The molecule has 2 N–H and O–H groups in total. The van der Waals surface area contributed by atoms with Gasteiger partial charge in [-0.1, -0.05) is 18.2 Å². The van der Waals surface area contributed by atoms with Gasteiger partial charge in [0.05, 0.1) is 11.0 Å². The number of hydrogen-bond donors (Lipinski definition) is 1. The van der Waals surface area contributed by atoms with Crippen LogP contribution in [0.25, 0.3) is 0 Å². The second-order valence-corrected chi connectivity index (χ2v) is 8.37. The topological polar surface area (TPSA) is 63.4 Å². The Labute approximate surface area is 121 Å². The van der Waals surface area contributed by atoms with Gasteiger partial charge in [0.25, 0.3) is 0 Å². The van der Waals surface area contributed by atoms with E-state index in [0.717, 1.165) is 13.0 Å². The summed E-state index contributed by atoms with van der Waals surface area (Å²) in [4.78, 5) is 2.19. The Morgan fingerprint density at radius 2 is 2.05 bits per heavy atom. The molecule has 1 aliphatic heterocycles. The van der Waals surface area contributed by atoms with Crippen molar-refractivity contribution in [2.75, 3.05) is 30.3 Å². The van der Waals surface area contributed by atoms with E-state index in [9.17, 15) is 8.42 Å². The lowest BCUT2D eigenvalue weighted by Gasteiger charge is -2.20. The molecule has 2 rings (SSSR count). The molecule has 1 aliphatic rings. The molecule has 0 saturated carbocycles. The van der Waals surface area contributed by atoms with Gasteiger partial charge in [-0.15, -0.1) is 0 Å². The van der Waals surface area contributed by atoms with E-state index in [2.05, 4.69) is 17.0 Å². The molecule has 20 heavy (non-hydrogen) atoms. The molecule has 0 amide bonds. The largest absolute Gasteiger partial charge is 0.370 e. The van der Waals surface area contributed by atoms with Gasteiger partial charge < -0.3 is 10.6 Å². The first kappa shape index (κ1) is 15.3. The highest BCUT2D eigenvalue weighted by Crippen LogP contribution is 2.37. The molecule has 0 aliphatic carbocycles. The fourth-order valence-electron chi connectivity index (χ4n) is 2.72. The van der Waals surface area contributed by atoms with Crippen LogP contribution in [0.3, 0.4) is 0 Å². The van der Waals surface area contributed by atoms with E-state index >= 15 is 0 Å². The Balaban J connectivity index is 2.11. The summed E-state index contributed by atoms with van der Waals surface area (Å²) in [6, 6.07) is 8.25. The smallest absolute Gasteiger partial charge is 0.154 e. The number of benzene rings is 1. The van der Waals surface area contributed by atoms with Crippen molar-refractivity contribution in [2.24, 2.45) is 5.73 Å². The maximum absolute atomic E-state index is 12.0. The van der Waals surface area contributed by atoms with Gasteiger partial charge in [0.2, 0.25) is 0 Å². The van der Waals surface area contributed by atoms with Gasteiger partial charge in [-0.05, 0) is 38.4 Å². The highest BCUT2D eigenvalue weighted by molar-refractivity contribution is 7.92. The van der Waals surface area contributed by atoms with Gasteiger partial charge in [-0.25, -0.2) is 8.42 Å². The lowest BCUT2D eigenvalue weighted by molar-refractivity contribution is 0.584. The minimum Gasteiger partial charge on any atom is -0.370 e. The van der Waals surface area contributed by atoms with Crippen LogP contribution in [0.2, 0.25) is 0 Å². The molecule has 1 aromatic rings. The van der Waals surface area contributed by atoms with Gasteiger partial charge in [0.1, 0.15) is 0 Å². The average molecular weight is 296 g/mol. The van der Waals surface area contributed by atoms with E-state index in [1.165, 1.54) is 11.3 Å². The Morgan fingerprint density at radius 3 is 2.70 bits per heavy atom. The maximum atomic E-state index is 12.0. The average Bonchev–Trinajstić information content (AvgIpc) is 2.76. The van der Waals surface area contributed by atoms with Gasteiger partial charge in [0.15, 0.2) is 9.84 Å². The summed E-state index contributed by atoms with van der Waals surface area (Å²) in [5.41, 5.74) is 8.16. The lowest BCUT2D eigenvalue weighted by atomic mass is 9.98. The molecule has 4 nitrogen and oxygen atoms in total. The van der Waals surface area contributed by atoms with Crippen LogP contribution < -0.4 is 10.6 Å². The van der Waals surface area contributed by atoms with Gasteiger partial charge >= 0.3 is 0 Å². The zero-order chi connectivity index (χ0) is 14.8. The van der Waals surface area contributed by atoms with E-state index in [1.54, 1.807) is 13.8 Å². The minimum absolute atomic E-state index is 0.217. The number of para-hydroxylation sites is 1. The Morgan fingerprint density at radius 1 is 1.35 bits per heavy atom. The van der Waals surface area contributed by atoms with Crippen molar-refractivity contribution >= 4 is 15.5 Å². The predicted octanol–water partition coefficient (Wildman–Crippen LogP) is 1.76. The van der Waals surface area contributed by atoms with Crippen LogP contribution in [0.1, 0.15) is 31.7 Å². The Bertz CT molecular complexity index is 555. The maximum Gasteiger partial charge on any atom is 0.154 e. The van der Waals surface area contributed by atoms with E-state index in [-0.39, 0.29) is 11.0 Å². The highest BCUT2D eigenvalue weighted by Gasteiger charge is 2.28. The third-order valence-electron chi connectivity index (χ3n) is 4.04. The summed E-state index contributed by atoms with van der Waals surface area (Å²) >= 11 is 0. The molecule has 0 spiro atoms. The fraction of sp³-hybridized carbons (Fsp3) is 0.600. The molecule has 1 atom stereocenters. The summed E-state index contributed by atoms with van der Waals surface area (Å²) in [6.45, 7) is 5.59. The fourth-order valence-corrected chi connectivity index (χ4v) is 3.66. The van der Waals surface area contributed by atoms with Gasteiger partial charge in [0, 0.05) is 24.7 Å². The van der Waals surface area contributed by atoms with Gasteiger partial charge in [-0.3, -0.25) is 0 Å². The molecular formula is C15H24N2O2S. The summed E-state index contributed by atoms with van der Waals surface area (Å²) in [5, 5.41) is -0.305. The number of nitrogens with two attached hydrogens (primary N) is 1. The first-order chi connectivity index (χ1) is 9.45. The van der Waals surface area contributed by atoms with Crippen LogP contribution in [0.4, 0.5) is 5.69 Å². The predicted molar refractivity (Wildman–Crippen MR) is 84.0 cm³/mol. The van der Waals surface area contributed by atoms with Crippen molar-refractivity contribution < 1.29 is 8.42 Å². The summed E-state index contributed by atoms with van der Waals surface area (Å²) in [5.74, 6) is 0.645. The number of hydrogen-bond acceptors (Lipinski definition) is 4. The lowest BCUT2D eigenvalue weighted by Crippen LogP contribution is -2.31. The number of rotatable bonds is 6. The molecular weight excluding hydrogens is 272 g/mol. The number of nitrogens with zero attached hydrogens (tertiary/aromatic N) is 1. The molecule has 0 aromatic heterocycles. The van der Waals surface area contributed by atoms with Crippen molar-refractivity contribution in [1.82, 2.24) is 0 Å². The van der Waals surface area contributed by atoms with Crippen molar-refractivity contribution in [1.29, 1.82) is 0 Å². The van der Waals surface area contributed by atoms with Crippen LogP contribution in [-0.4, -0.2) is 39.1 Å². The van der Waals surface area contributed by atoms with Crippen LogP contribution in [0, 0.1) is 0 Å². The van der Waals surface area contributed by atoms with Crippen molar-refractivity contribution in [2.45, 2.75) is 31.4 Å². The summed E-state index contributed by atoms with van der Waals surface area (Å²) in [7, 11) is -2.98. The highest BCUT2D eigenvalue weighted by atomic mass is 32.2. The third-order valence-corrected chi connectivity index (χ3v) is 6.23.